The zero-order valence-electron chi connectivity index (χ0n) is 7.99. The number of ketones is 1. The Morgan fingerprint density at radius 3 is 1.50 bits per heavy atom. The number of fused-ring (bicyclic) bond motifs is 5. The van der Waals surface area contributed by atoms with Gasteiger partial charge in [-0.05, 0) is 12.8 Å². The molecule has 0 N–H and O–H groups in total. The lowest BCUT2D eigenvalue weighted by Crippen LogP contribution is -2.09. The third-order valence-electron chi connectivity index (χ3n) is 3.47. The number of Topliss-reactive ketones (excluding diaryl/α,β-unsaturated/α-hetero) is 1. The molecule has 5 heteroatoms. The van der Waals surface area contributed by atoms with Crippen LogP contribution in [-0.2, 0) is 4.79 Å². The van der Waals surface area contributed by atoms with Gasteiger partial charge in [-0.1, -0.05) is 0 Å². The highest BCUT2D eigenvalue weighted by Crippen LogP contribution is 2.52. The number of halogens is 4. The van der Waals surface area contributed by atoms with Crippen molar-refractivity contribution < 1.29 is 22.4 Å². The topological polar surface area (TPSA) is 17.1 Å². The molecule has 0 aliphatic heterocycles. The summed E-state index contributed by atoms with van der Waals surface area (Å²) in [6, 6.07) is 0. The Bertz CT molecular complexity index is 478. The predicted molar refractivity (Wildman–Crippen MR) is 46.0 cm³/mol. The molecule has 0 spiro atoms. The molecule has 1 saturated carbocycles. The number of benzene rings is 1. The molecular formula is C11H6F4O. The van der Waals surface area contributed by atoms with Crippen molar-refractivity contribution in [3.05, 3.63) is 34.4 Å². The van der Waals surface area contributed by atoms with Gasteiger partial charge in [0.15, 0.2) is 23.3 Å². The quantitative estimate of drug-likeness (QED) is 0.380. The van der Waals surface area contributed by atoms with Crippen LogP contribution in [0.25, 0.3) is 0 Å². The van der Waals surface area contributed by atoms with Crippen molar-refractivity contribution in [2.24, 2.45) is 0 Å². The molecule has 1 nitrogen and oxygen atoms in total. The second-order valence-electron chi connectivity index (χ2n) is 4.17. The highest BCUT2D eigenvalue weighted by Gasteiger charge is 2.50. The summed E-state index contributed by atoms with van der Waals surface area (Å²) in [4.78, 5) is 11.6. The number of carbonyl (C=O) groups is 1. The molecule has 0 unspecified atom stereocenters. The van der Waals surface area contributed by atoms with E-state index >= 15 is 0 Å². The normalized spacial score (nSPS) is 26.4. The van der Waals surface area contributed by atoms with E-state index in [0.717, 1.165) is 0 Å². The molecule has 2 atom stereocenters. The van der Waals surface area contributed by atoms with Crippen LogP contribution < -0.4 is 0 Å². The lowest BCUT2D eigenvalue weighted by molar-refractivity contribution is -0.119. The summed E-state index contributed by atoms with van der Waals surface area (Å²) in [5.41, 5.74) is -0.532. The third kappa shape index (κ3) is 0.894. The van der Waals surface area contributed by atoms with Crippen molar-refractivity contribution in [3.63, 3.8) is 0 Å². The van der Waals surface area contributed by atoms with E-state index in [2.05, 4.69) is 0 Å². The van der Waals surface area contributed by atoms with E-state index < -0.39 is 35.1 Å². The second kappa shape index (κ2) is 2.84. The highest BCUT2D eigenvalue weighted by molar-refractivity contribution is 5.98. The number of hydrogen-bond acceptors (Lipinski definition) is 1. The van der Waals surface area contributed by atoms with Gasteiger partial charge in [0.1, 0.15) is 5.78 Å². The molecule has 2 aliphatic rings. The molecule has 1 fully saturated rings. The van der Waals surface area contributed by atoms with Gasteiger partial charge < -0.3 is 0 Å². The highest BCUT2D eigenvalue weighted by atomic mass is 19.2. The third-order valence-corrected chi connectivity index (χ3v) is 3.47. The lowest BCUT2D eigenvalue weighted by atomic mass is 9.90. The van der Waals surface area contributed by atoms with Crippen molar-refractivity contribution in [2.75, 3.05) is 0 Å². The fraction of sp³-hybridized carbons (Fsp3) is 0.364. The summed E-state index contributed by atoms with van der Waals surface area (Å²) in [5.74, 6) is -8.36. The molecule has 16 heavy (non-hydrogen) atoms. The Morgan fingerprint density at radius 2 is 1.12 bits per heavy atom. The minimum absolute atomic E-state index is 0.266. The molecule has 84 valence electrons. The van der Waals surface area contributed by atoms with Crippen LogP contribution in [-0.4, -0.2) is 5.78 Å². The zero-order chi connectivity index (χ0) is 11.6. The molecule has 0 aromatic heterocycles. The monoisotopic (exact) mass is 230 g/mol. The molecule has 0 amide bonds. The zero-order valence-corrected chi connectivity index (χ0v) is 7.99. The fourth-order valence-electron chi connectivity index (χ4n) is 2.78. The first kappa shape index (κ1) is 9.81. The maximum Gasteiger partial charge on any atom is 0.197 e. The molecular weight excluding hydrogens is 224 g/mol. The summed E-state index contributed by atoms with van der Waals surface area (Å²) < 4.78 is 52.9. The molecule has 2 aliphatic carbocycles. The number of hydrogen-bond donors (Lipinski definition) is 0. The van der Waals surface area contributed by atoms with Crippen LogP contribution in [0.2, 0.25) is 0 Å². The van der Waals surface area contributed by atoms with E-state index in [0.29, 0.717) is 12.8 Å². The van der Waals surface area contributed by atoms with Gasteiger partial charge in [-0.15, -0.1) is 0 Å². The maximum atomic E-state index is 13.4. The molecule has 0 saturated heterocycles. The van der Waals surface area contributed by atoms with E-state index in [1.54, 1.807) is 0 Å². The van der Waals surface area contributed by atoms with E-state index in [1.165, 1.54) is 0 Å². The predicted octanol–water partition coefficient (Wildman–Crippen LogP) is 2.79. The largest absolute Gasteiger partial charge is 0.298 e. The van der Waals surface area contributed by atoms with Gasteiger partial charge in [-0.3, -0.25) is 4.79 Å². The first-order chi connectivity index (χ1) is 7.54. The van der Waals surface area contributed by atoms with Crippen LogP contribution in [0, 0.1) is 23.3 Å². The van der Waals surface area contributed by atoms with Crippen LogP contribution in [0.3, 0.4) is 0 Å². The van der Waals surface area contributed by atoms with Gasteiger partial charge in [-0.2, -0.15) is 0 Å². The van der Waals surface area contributed by atoms with Crippen molar-refractivity contribution >= 4 is 5.78 Å². The minimum atomic E-state index is -1.82. The molecule has 0 heterocycles. The van der Waals surface area contributed by atoms with E-state index in [1.807, 2.05) is 0 Å². The van der Waals surface area contributed by atoms with Crippen LogP contribution in [0.4, 0.5) is 17.6 Å². The molecule has 1 aromatic carbocycles. The smallest absolute Gasteiger partial charge is 0.197 e. The summed E-state index contributed by atoms with van der Waals surface area (Å²) in [6.07, 6.45) is 0.774. The Labute approximate surface area is 88.1 Å². The molecule has 3 rings (SSSR count). The van der Waals surface area contributed by atoms with Crippen LogP contribution >= 0.6 is 0 Å². The van der Waals surface area contributed by atoms with Gasteiger partial charge in [-0.25, -0.2) is 17.6 Å². The summed E-state index contributed by atoms with van der Waals surface area (Å²) >= 11 is 0. The van der Waals surface area contributed by atoms with Gasteiger partial charge in [0.05, 0.1) is 0 Å². The number of rotatable bonds is 0. The first-order valence-corrected chi connectivity index (χ1v) is 4.93. The fourth-order valence-corrected chi connectivity index (χ4v) is 2.78. The second-order valence-corrected chi connectivity index (χ2v) is 4.17. The van der Waals surface area contributed by atoms with E-state index in [-0.39, 0.29) is 16.9 Å². The summed E-state index contributed by atoms with van der Waals surface area (Å²) in [6.45, 7) is 0. The van der Waals surface area contributed by atoms with Crippen LogP contribution in [0.1, 0.15) is 35.8 Å². The Balaban J connectivity index is 2.39. The van der Waals surface area contributed by atoms with Gasteiger partial charge in [0.2, 0.25) is 0 Å². The van der Waals surface area contributed by atoms with E-state index in [9.17, 15) is 22.4 Å². The van der Waals surface area contributed by atoms with Crippen molar-refractivity contribution in [2.45, 2.75) is 24.7 Å². The average molecular weight is 230 g/mol. The van der Waals surface area contributed by atoms with Crippen LogP contribution in [0.5, 0.6) is 0 Å². The van der Waals surface area contributed by atoms with Gasteiger partial charge in [0, 0.05) is 23.0 Å². The van der Waals surface area contributed by atoms with Gasteiger partial charge in [0.25, 0.3) is 0 Å². The first-order valence-electron chi connectivity index (χ1n) is 4.93. The lowest BCUT2D eigenvalue weighted by Gasteiger charge is -2.15. The van der Waals surface area contributed by atoms with Crippen molar-refractivity contribution in [3.8, 4) is 0 Å². The van der Waals surface area contributed by atoms with Crippen LogP contribution in [0.15, 0.2) is 0 Å². The summed E-state index contributed by atoms with van der Waals surface area (Å²) in [7, 11) is 0. The SMILES string of the molecule is O=C1[C@H]2CC[C@@H]1c1c(F)c(F)c(F)c(F)c12. The Kier molecular flexibility index (Phi) is 1.74. The minimum Gasteiger partial charge on any atom is -0.298 e. The average Bonchev–Trinajstić information content (AvgIpc) is 2.77. The summed E-state index contributed by atoms with van der Waals surface area (Å²) in [5, 5.41) is 0. The molecule has 1 aromatic rings. The molecule has 2 bridgehead atoms. The van der Waals surface area contributed by atoms with Crippen molar-refractivity contribution in [1.82, 2.24) is 0 Å². The number of carbonyl (C=O) groups excluding carboxylic acids is 1. The Morgan fingerprint density at radius 1 is 0.750 bits per heavy atom. The Hall–Kier alpha value is -1.39. The standard InChI is InChI=1S/C11H6F4O/c12-7-5-3-1-2-4(11(3)16)6(5)8(13)10(15)9(7)14/h3-4H,1-2H2/t3-,4+. The van der Waals surface area contributed by atoms with Gasteiger partial charge >= 0.3 is 0 Å². The van der Waals surface area contributed by atoms with Crippen molar-refractivity contribution in [1.29, 1.82) is 0 Å². The molecule has 0 radical (unpaired) electrons. The maximum absolute atomic E-state index is 13.4. The van der Waals surface area contributed by atoms with E-state index in [4.69, 9.17) is 0 Å².